The fraction of sp³-hybridized carbons (Fsp3) is 0.370. The Balaban J connectivity index is 1.60. The smallest absolute Gasteiger partial charge is 0.339 e. The van der Waals surface area contributed by atoms with Crippen LogP contribution >= 0.6 is 31.9 Å². The van der Waals surface area contributed by atoms with E-state index in [-0.39, 0.29) is 12.0 Å². The van der Waals surface area contributed by atoms with Gasteiger partial charge < -0.3 is 10.1 Å². The van der Waals surface area contributed by atoms with E-state index in [0.717, 1.165) is 55.9 Å². The summed E-state index contributed by atoms with van der Waals surface area (Å²) in [4.78, 5) is 30.9. The number of hydrogen-bond acceptors (Lipinski definition) is 4. The standard InChI is InChI=1S/C27H28Br2N2O3/c1-15-11-19(28)25(20(29)12-15)31-23(32)14-34-26(33)24-17-7-5-6-8-21(17)30-22-10-9-16(13-18(22)24)27(2,3)4/h5-8,11-12,16H,9-10,13-14H2,1-4H3,(H,31,32)/t16-/m1/s1. The number of nitrogens with one attached hydrogen (secondary N) is 1. The SMILES string of the molecule is Cc1cc(Br)c(NC(=O)COC(=O)c2c3c(nc4ccccc24)CC[C@@H](C(C)(C)C)C3)c(Br)c1. The van der Waals surface area contributed by atoms with Crippen LogP contribution in [-0.4, -0.2) is 23.5 Å². The second kappa shape index (κ2) is 9.78. The first kappa shape index (κ1) is 24.9. The number of aromatic nitrogens is 1. The Labute approximate surface area is 216 Å². The average Bonchev–Trinajstić information content (AvgIpc) is 2.77. The van der Waals surface area contributed by atoms with E-state index >= 15 is 0 Å². The molecule has 1 amide bonds. The molecule has 0 saturated carbocycles. The maximum absolute atomic E-state index is 13.4. The Morgan fingerprint density at radius 1 is 1.15 bits per heavy atom. The molecule has 1 aliphatic rings. The molecular weight excluding hydrogens is 560 g/mol. The van der Waals surface area contributed by atoms with Gasteiger partial charge in [0.15, 0.2) is 6.61 Å². The van der Waals surface area contributed by atoms with Crippen molar-refractivity contribution in [2.75, 3.05) is 11.9 Å². The number of amides is 1. The van der Waals surface area contributed by atoms with Gasteiger partial charge in [0.2, 0.25) is 0 Å². The maximum atomic E-state index is 13.4. The number of anilines is 1. The number of nitrogens with zero attached hydrogens (tertiary/aromatic N) is 1. The van der Waals surface area contributed by atoms with Crippen LogP contribution in [0.3, 0.4) is 0 Å². The summed E-state index contributed by atoms with van der Waals surface area (Å²) in [6.45, 7) is 8.30. The third kappa shape index (κ3) is 5.20. The van der Waals surface area contributed by atoms with Gasteiger partial charge in [0.25, 0.3) is 5.91 Å². The molecule has 5 nitrogen and oxygen atoms in total. The Morgan fingerprint density at radius 2 is 1.82 bits per heavy atom. The highest BCUT2D eigenvalue weighted by atomic mass is 79.9. The Hall–Kier alpha value is -2.25. The summed E-state index contributed by atoms with van der Waals surface area (Å²) in [6, 6.07) is 11.5. The third-order valence-electron chi connectivity index (χ3n) is 6.47. The number of ether oxygens (including phenoxy) is 1. The highest BCUT2D eigenvalue weighted by molar-refractivity contribution is 9.11. The molecule has 1 heterocycles. The molecule has 0 spiro atoms. The lowest BCUT2D eigenvalue weighted by Crippen LogP contribution is -2.29. The predicted octanol–water partition coefficient (Wildman–Crippen LogP) is 7.01. The van der Waals surface area contributed by atoms with Gasteiger partial charge in [0, 0.05) is 20.0 Å². The van der Waals surface area contributed by atoms with Crippen LogP contribution in [0.1, 0.15) is 54.4 Å². The molecule has 0 radical (unpaired) electrons. The van der Waals surface area contributed by atoms with Crippen molar-refractivity contribution in [1.82, 2.24) is 4.98 Å². The van der Waals surface area contributed by atoms with Crippen LogP contribution in [0.25, 0.3) is 10.9 Å². The first-order valence-electron chi connectivity index (χ1n) is 11.4. The Morgan fingerprint density at radius 3 is 2.50 bits per heavy atom. The fourth-order valence-corrected chi connectivity index (χ4v) is 6.17. The summed E-state index contributed by atoms with van der Waals surface area (Å²) in [5.41, 5.74) is 5.01. The van der Waals surface area contributed by atoms with Crippen LogP contribution in [0.4, 0.5) is 5.69 Å². The van der Waals surface area contributed by atoms with Crippen molar-refractivity contribution in [2.24, 2.45) is 11.3 Å². The number of pyridine rings is 1. The molecule has 0 unspecified atom stereocenters. The minimum atomic E-state index is -0.485. The number of benzene rings is 2. The molecule has 7 heteroatoms. The van der Waals surface area contributed by atoms with Gasteiger partial charge in [-0.25, -0.2) is 4.79 Å². The van der Waals surface area contributed by atoms with Gasteiger partial charge in [0.05, 0.1) is 16.8 Å². The fourth-order valence-electron chi connectivity index (χ4n) is 4.56. The molecule has 3 aromatic rings. The first-order valence-corrected chi connectivity index (χ1v) is 13.0. The van der Waals surface area contributed by atoms with Crippen LogP contribution in [0.2, 0.25) is 0 Å². The van der Waals surface area contributed by atoms with Crippen molar-refractivity contribution in [3.8, 4) is 0 Å². The van der Waals surface area contributed by atoms with E-state index in [1.54, 1.807) is 0 Å². The summed E-state index contributed by atoms with van der Waals surface area (Å²) < 4.78 is 7.05. The van der Waals surface area contributed by atoms with E-state index in [4.69, 9.17) is 9.72 Å². The minimum absolute atomic E-state index is 0.124. The van der Waals surface area contributed by atoms with Crippen LogP contribution in [0.15, 0.2) is 45.3 Å². The number of hydrogen-bond donors (Lipinski definition) is 1. The normalized spacial score (nSPS) is 15.6. The molecule has 34 heavy (non-hydrogen) atoms. The van der Waals surface area contributed by atoms with Crippen molar-refractivity contribution < 1.29 is 14.3 Å². The number of rotatable bonds is 4. The van der Waals surface area contributed by atoms with Crippen molar-refractivity contribution in [3.05, 3.63) is 67.7 Å². The number of para-hydroxylation sites is 1. The van der Waals surface area contributed by atoms with E-state index in [1.807, 2.05) is 43.3 Å². The second-order valence-corrected chi connectivity index (χ2v) is 11.7. The van der Waals surface area contributed by atoms with E-state index in [1.165, 1.54) is 0 Å². The van der Waals surface area contributed by atoms with Crippen molar-refractivity contribution in [3.63, 3.8) is 0 Å². The van der Waals surface area contributed by atoms with Crippen LogP contribution in [0.5, 0.6) is 0 Å². The molecule has 2 aromatic carbocycles. The monoisotopic (exact) mass is 586 g/mol. The predicted molar refractivity (Wildman–Crippen MR) is 142 cm³/mol. The van der Waals surface area contributed by atoms with Gasteiger partial charge >= 0.3 is 5.97 Å². The van der Waals surface area contributed by atoms with E-state index in [2.05, 4.69) is 57.9 Å². The van der Waals surface area contributed by atoms with Gasteiger partial charge in [-0.1, -0.05) is 39.0 Å². The van der Waals surface area contributed by atoms with E-state index in [0.29, 0.717) is 17.2 Å². The maximum Gasteiger partial charge on any atom is 0.339 e. The topological polar surface area (TPSA) is 68.3 Å². The molecule has 1 aliphatic carbocycles. The molecule has 0 fully saturated rings. The van der Waals surface area contributed by atoms with Gasteiger partial charge in [-0.3, -0.25) is 9.78 Å². The largest absolute Gasteiger partial charge is 0.452 e. The Kier molecular flexibility index (Phi) is 7.15. The second-order valence-electron chi connectivity index (χ2n) is 9.96. The zero-order valence-electron chi connectivity index (χ0n) is 19.8. The Bertz CT molecular complexity index is 1260. The van der Waals surface area contributed by atoms with Gasteiger partial charge in [-0.15, -0.1) is 0 Å². The number of halogens is 2. The molecular formula is C27H28Br2N2O3. The number of fused-ring (bicyclic) bond motifs is 2. The molecule has 178 valence electrons. The number of esters is 1. The quantitative estimate of drug-likeness (QED) is 0.333. The summed E-state index contributed by atoms with van der Waals surface area (Å²) >= 11 is 6.95. The average molecular weight is 588 g/mol. The lowest BCUT2D eigenvalue weighted by Gasteiger charge is -2.35. The first-order chi connectivity index (χ1) is 16.0. The van der Waals surface area contributed by atoms with E-state index < -0.39 is 11.9 Å². The van der Waals surface area contributed by atoms with E-state index in [9.17, 15) is 9.59 Å². The number of carbonyl (C=O) groups excluding carboxylic acids is 2. The minimum Gasteiger partial charge on any atom is -0.452 e. The summed E-state index contributed by atoms with van der Waals surface area (Å²) in [5, 5.41) is 3.59. The third-order valence-corrected chi connectivity index (χ3v) is 7.72. The zero-order chi connectivity index (χ0) is 24.6. The van der Waals surface area contributed by atoms with Crippen molar-refractivity contribution >= 4 is 60.3 Å². The molecule has 0 bridgehead atoms. The molecule has 1 atom stereocenters. The number of aryl methyl sites for hydroxylation is 2. The number of carbonyl (C=O) groups is 2. The summed E-state index contributed by atoms with van der Waals surface area (Å²) in [6.07, 6.45) is 2.65. The molecule has 1 N–H and O–H groups in total. The summed E-state index contributed by atoms with van der Waals surface area (Å²) in [5.74, 6) is -0.450. The van der Waals surface area contributed by atoms with Crippen LogP contribution < -0.4 is 5.32 Å². The van der Waals surface area contributed by atoms with Crippen molar-refractivity contribution in [2.45, 2.75) is 47.0 Å². The highest BCUT2D eigenvalue weighted by Gasteiger charge is 2.33. The molecule has 1 aromatic heterocycles. The molecule has 0 aliphatic heterocycles. The zero-order valence-corrected chi connectivity index (χ0v) is 23.0. The highest BCUT2D eigenvalue weighted by Crippen LogP contribution is 2.39. The van der Waals surface area contributed by atoms with Crippen LogP contribution in [-0.2, 0) is 22.4 Å². The van der Waals surface area contributed by atoms with Gasteiger partial charge in [-0.05, 0) is 98.7 Å². The van der Waals surface area contributed by atoms with Gasteiger partial charge in [0.1, 0.15) is 0 Å². The van der Waals surface area contributed by atoms with Gasteiger partial charge in [-0.2, -0.15) is 0 Å². The summed E-state index contributed by atoms with van der Waals surface area (Å²) in [7, 11) is 0. The van der Waals surface area contributed by atoms with Crippen molar-refractivity contribution in [1.29, 1.82) is 0 Å². The molecule has 4 rings (SSSR count). The van der Waals surface area contributed by atoms with Crippen LogP contribution in [0, 0.1) is 18.3 Å². The lowest BCUT2D eigenvalue weighted by molar-refractivity contribution is -0.119. The molecule has 0 saturated heterocycles. The lowest BCUT2D eigenvalue weighted by atomic mass is 9.70.